The van der Waals surface area contributed by atoms with Gasteiger partial charge in [-0.1, -0.05) is 36.5 Å². The van der Waals surface area contributed by atoms with Crippen molar-refractivity contribution in [1.82, 2.24) is 14.3 Å². The molecule has 192 valence electrons. The summed E-state index contributed by atoms with van der Waals surface area (Å²) in [6.45, 7) is 7.43. The van der Waals surface area contributed by atoms with Crippen molar-refractivity contribution >= 4 is 42.6 Å². The van der Waals surface area contributed by atoms with Gasteiger partial charge in [-0.2, -0.15) is 4.31 Å². The minimum Gasteiger partial charge on any atom is -0.278 e. The van der Waals surface area contributed by atoms with Gasteiger partial charge in [0.05, 0.1) is 27.4 Å². The molecule has 2 aromatic heterocycles. The van der Waals surface area contributed by atoms with Gasteiger partial charge in [-0.05, 0) is 80.1 Å². The van der Waals surface area contributed by atoms with E-state index >= 15 is 0 Å². The Kier molecular flexibility index (Phi) is 7.11. The fraction of sp³-hybridized carbons (Fsp3) is 0.321. The molecule has 2 aromatic carbocycles. The number of aromatic nitrogens is 2. The molecule has 0 spiro atoms. The number of carbonyl (C=O) groups is 1. The first-order chi connectivity index (χ1) is 17.7. The zero-order valence-electron chi connectivity index (χ0n) is 21.2. The number of hydrogen-bond acceptors (Lipinski definition) is 6. The number of benzene rings is 2. The molecule has 1 fully saturated rings. The van der Waals surface area contributed by atoms with Crippen LogP contribution in [0.1, 0.15) is 46.9 Å². The average molecular weight is 535 g/mol. The maximum Gasteiger partial charge on any atom is 0.260 e. The molecule has 0 bridgehead atoms. The Labute approximate surface area is 221 Å². The van der Waals surface area contributed by atoms with Gasteiger partial charge < -0.3 is 0 Å². The molecule has 0 radical (unpaired) electrons. The lowest BCUT2D eigenvalue weighted by Gasteiger charge is -2.30. The number of carbonyl (C=O) groups excluding carboxylic acids is 1. The summed E-state index contributed by atoms with van der Waals surface area (Å²) in [5.74, 6) is 0.0844. The summed E-state index contributed by atoms with van der Waals surface area (Å²) in [5, 5.41) is 0.585. The molecule has 0 N–H and O–H groups in total. The summed E-state index contributed by atoms with van der Waals surface area (Å²) < 4.78 is 29.0. The van der Waals surface area contributed by atoms with Crippen LogP contribution in [-0.4, -0.2) is 41.7 Å². The van der Waals surface area contributed by atoms with Gasteiger partial charge >= 0.3 is 0 Å². The topological polar surface area (TPSA) is 83.5 Å². The number of rotatable bonds is 6. The van der Waals surface area contributed by atoms with Gasteiger partial charge in [0, 0.05) is 24.8 Å². The number of thiazole rings is 1. The van der Waals surface area contributed by atoms with Crippen molar-refractivity contribution in [3.05, 3.63) is 83.2 Å². The first-order valence-electron chi connectivity index (χ1n) is 12.4. The fourth-order valence-corrected chi connectivity index (χ4v) is 7.39. The number of nitrogens with zero attached hydrogens (tertiary/aromatic N) is 4. The lowest BCUT2D eigenvalue weighted by molar-refractivity contribution is 0.0984. The van der Waals surface area contributed by atoms with Crippen molar-refractivity contribution in [3.8, 4) is 0 Å². The van der Waals surface area contributed by atoms with E-state index in [4.69, 9.17) is 4.98 Å². The number of amides is 1. The van der Waals surface area contributed by atoms with Gasteiger partial charge in [0.1, 0.15) is 0 Å². The SMILES string of the molecule is Cc1ccc(C)c2sc(N(Cc3ccccn3)C(=O)c3ccc(S(=O)(=O)N4CCCC(C)C4)cc3)nc12. The normalized spacial score (nSPS) is 16.7. The highest BCUT2D eigenvalue weighted by Crippen LogP contribution is 2.34. The maximum absolute atomic E-state index is 13.8. The number of piperidine rings is 1. The lowest BCUT2D eigenvalue weighted by atomic mass is 10.0. The third-order valence-electron chi connectivity index (χ3n) is 6.81. The molecule has 1 atom stereocenters. The van der Waals surface area contributed by atoms with E-state index in [2.05, 4.69) is 18.0 Å². The second-order valence-corrected chi connectivity index (χ2v) is 12.6. The highest BCUT2D eigenvalue weighted by atomic mass is 32.2. The summed E-state index contributed by atoms with van der Waals surface area (Å²) in [6, 6.07) is 16.0. The summed E-state index contributed by atoms with van der Waals surface area (Å²) in [5.41, 5.74) is 4.18. The fourth-order valence-electron chi connectivity index (χ4n) is 4.68. The molecule has 1 aliphatic heterocycles. The highest BCUT2D eigenvalue weighted by molar-refractivity contribution is 7.89. The van der Waals surface area contributed by atoms with Crippen molar-refractivity contribution in [2.24, 2.45) is 5.92 Å². The van der Waals surface area contributed by atoms with Gasteiger partial charge in [0.2, 0.25) is 10.0 Å². The second kappa shape index (κ2) is 10.3. The predicted molar refractivity (Wildman–Crippen MR) is 147 cm³/mol. The van der Waals surface area contributed by atoms with Crippen LogP contribution in [0, 0.1) is 19.8 Å². The lowest BCUT2D eigenvalue weighted by Crippen LogP contribution is -2.39. The van der Waals surface area contributed by atoms with E-state index in [-0.39, 0.29) is 17.3 Å². The molecule has 4 aromatic rings. The van der Waals surface area contributed by atoms with E-state index in [9.17, 15) is 13.2 Å². The van der Waals surface area contributed by atoms with E-state index in [0.29, 0.717) is 29.7 Å². The Bertz CT molecular complexity index is 1490. The number of sulfonamides is 1. The Morgan fingerprint density at radius 1 is 1.08 bits per heavy atom. The summed E-state index contributed by atoms with van der Waals surface area (Å²) >= 11 is 1.48. The van der Waals surface area contributed by atoms with Gasteiger partial charge in [0.25, 0.3) is 5.91 Å². The summed E-state index contributed by atoms with van der Waals surface area (Å²) in [7, 11) is -3.60. The Morgan fingerprint density at radius 2 is 1.84 bits per heavy atom. The van der Waals surface area contributed by atoms with Gasteiger partial charge in [-0.15, -0.1) is 0 Å². The smallest absolute Gasteiger partial charge is 0.260 e. The van der Waals surface area contributed by atoms with Crippen molar-refractivity contribution in [1.29, 1.82) is 0 Å². The van der Waals surface area contributed by atoms with Crippen LogP contribution in [0.4, 0.5) is 5.13 Å². The Balaban J connectivity index is 1.48. The Hall–Kier alpha value is -3.14. The van der Waals surface area contributed by atoms with Crippen LogP contribution in [0.25, 0.3) is 10.2 Å². The molecule has 1 unspecified atom stereocenters. The number of anilines is 1. The third kappa shape index (κ3) is 5.16. The molecule has 9 heteroatoms. The van der Waals surface area contributed by atoms with Gasteiger partial charge in [0.15, 0.2) is 5.13 Å². The van der Waals surface area contributed by atoms with Gasteiger partial charge in [-0.25, -0.2) is 13.4 Å². The van der Waals surface area contributed by atoms with Crippen molar-refractivity contribution in [2.75, 3.05) is 18.0 Å². The summed E-state index contributed by atoms with van der Waals surface area (Å²) in [6.07, 6.45) is 3.60. The zero-order chi connectivity index (χ0) is 26.2. The Morgan fingerprint density at radius 3 is 2.51 bits per heavy atom. The summed E-state index contributed by atoms with van der Waals surface area (Å²) in [4.78, 5) is 24.9. The van der Waals surface area contributed by atoms with Crippen molar-refractivity contribution in [3.63, 3.8) is 0 Å². The van der Waals surface area contributed by atoms with Crippen LogP contribution in [-0.2, 0) is 16.6 Å². The zero-order valence-corrected chi connectivity index (χ0v) is 22.8. The first kappa shape index (κ1) is 25.5. The van der Waals surface area contributed by atoms with E-state index in [0.717, 1.165) is 39.9 Å². The molecule has 37 heavy (non-hydrogen) atoms. The van der Waals surface area contributed by atoms with Crippen LogP contribution < -0.4 is 4.90 Å². The number of aryl methyl sites for hydroxylation is 2. The molecule has 5 rings (SSSR count). The standard InChI is InChI=1S/C28H30N4O3S2/c1-19-7-6-16-31(17-19)37(34,35)24-13-11-22(12-14-24)27(33)32(18-23-8-4-5-15-29-23)28-30-25-20(2)9-10-21(3)26(25)36-28/h4-5,8-15,19H,6-7,16-18H2,1-3H3. The largest absolute Gasteiger partial charge is 0.278 e. The van der Waals surface area contributed by atoms with Crippen LogP contribution in [0.2, 0.25) is 0 Å². The quantitative estimate of drug-likeness (QED) is 0.323. The molecule has 0 aliphatic carbocycles. The van der Waals surface area contributed by atoms with Crippen LogP contribution in [0.5, 0.6) is 0 Å². The van der Waals surface area contributed by atoms with E-state index in [1.807, 2.05) is 38.1 Å². The minimum atomic E-state index is -3.60. The molecule has 1 aliphatic rings. The monoisotopic (exact) mass is 534 g/mol. The highest BCUT2D eigenvalue weighted by Gasteiger charge is 2.29. The number of pyridine rings is 1. The van der Waals surface area contributed by atoms with E-state index in [1.54, 1.807) is 27.5 Å². The number of hydrogen-bond donors (Lipinski definition) is 0. The third-order valence-corrected chi connectivity index (χ3v) is 9.91. The molecular weight excluding hydrogens is 504 g/mol. The molecule has 1 saturated heterocycles. The van der Waals surface area contributed by atoms with Gasteiger partial charge in [-0.3, -0.25) is 14.7 Å². The van der Waals surface area contributed by atoms with E-state index in [1.165, 1.54) is 23.5 Å². The second-order valence-electron chi connectivity index (χ2n) is 9.72. The van der Waals surface area contributed by atoms with Crippen LogP contribution >= 0.6 is 11.3 Å². The molecule has 3 heterocycles. The molecule has 0 saturated carbocycles. The predicted octanol–water partition coefficient (Wildman–Crippen LogP) is 5.58. The van der Waals surface area contributed by atoms with Crippen LogP contribution in [0.3, 0.4) is 0 Å². The van der Waals surface area contributed by atoms with E-state index < -0.39 is 10.0 Å². The first-order valence-corrected chi connectivity index (χ1v) is 14.7. The molecular formula is C28H30N4O3S2. The molecule has 1 amide bonds. The maximum atomic E-state index is 13.8. The van der Waals surface area contributed by atoms with Crippen LogP contribution in [0.15, 0.2) is 65.7 Å². The minimum absolute atomic E-state index is 0.209. The average Bonchev–Trinajstić information content (AvgIpc) is 3.36. The van der Waals surface area contributed by atoms with Crippen molar-refractivity contribution < 1.29 is 13.2 Å². The molecule has 7 nitrogen and oxygen atoms in total. The number of fused-ring (bicyclic) bond motifs is 1. The van der Waals surface area contributed by atoms with Crippen molar-refractivity contribution in [2.45, 2.75) is 45.1 Å².